The van der Waals surface area contributed by atoms with Gasteiger partial charge in [0.1, 0.15) is 31.4 Å². The number of carbonyl (C=O) groups excluding carboxylic acids is 4. The molecule has 8 rings (SSSR count). The minimum atomic E-state index is -1.00. The third kappa shape index (κ3) is 35.9. The number of hydrogen-bond acceptors (Lipinski definition) is 12. The molecule has 2 heterocycles. The summed E-state index contributed by atoms with van der Waals surface area (Å²) in [5.41, 5.74) is 11.6. The fourth-order valence-electron chi connectivity index (χ4n) is 6.22. The van der Waals surface area contributed by atoms with Crippen molar-refractivity contribution in [3.8, 4) is 28.3 Å². The second-order valence-corrected chi connectivity index (χ2v) is 20.2. The number of aromatic nitrogens is 2. The number of alkyl halides is 2. The van der Waals surface area contributed by atoms with E-state index in [1.165, 1.54) is 43.9 Å². The Kier molecular flexibility index (Phi) is 42.6. The summed E-state index contributed by atoms with van der Waals surface area (Å²) >= 11 is 8.12. The Balaban J connectivity index is 0. The number of ether oxygens (including phenoxy) is 1. The van der Waals surface area contributed by atoms with E-state index in [0.29, 0.717) is 22.0 Å². The zero-order valence-electron chi connectivity index (χ0n) is 52.4. The standard InChI is InChI=1S/C12H13NO3.C11H11NO2.C9H9BrO.C9H10O2.C9H10O.C7H8.C5H11NO2.C2H5Cl.C2H6O.C2H6/c1-3-15-10-6-4-9(5-7-10)11-8-16-12(14)13(11)2;1-8-3-5-9(6-4-8)10-7-14-11(13)12(10)2;2*1-7-2-4-8(5-3-7)9(11)6-10;1-7-3-5-9(6-4-7)8(2)10;1-7-5-3-2-4-6-7;1-6(2,3)4-5(7)8;2*1-2-3;1-2/h4-8H,3H2,1-2H3;3-7H,1-2H3;2-5H,6H2,1H3;2-5,10H,6H2,1H3;3-6H,1-2H3;2-6H,1H3;4H2,1-3H3;2H2,1H3;3H,2H2,1H3;1-2H3. The Hall–Kier alpha value is -7.73. The van der Waals surface area contributed by atoms with Crippen LogP contribution in [0.5, 0.6) is 5.75 Å². The van der Waals surface area contributed by atoms with Gasteiger partial charge in [-0.25, -0.2) is 9.59 Å². The van der Waals surface area contributed by atoms with Gasteiger partial charge in [0.25, 0.3) is 0 Å². The normalized spacial score (nSPS) is 9.55. The molecular formula is C68H89BrClN3O12. The minimum absolute atomic E-state index is 0.0694. The molecular weight excluding hydrogens is 1170 g/mol. The number of carboxylic acids is 1. The number of aliphatic hydroxyl groups excluding tert-OH is 2. The number of rotatable bonds is 11. The number of aliphatic carboxylic acids is 1. The third-order valence-corrected chi connectivity index (χ3v) is 11.1. The summed E-state index contributed by atoms with van der Waals surface area (Å²) in [6.07, 6.45) is 2.94. The van der Waals surface area contributed by atoms with Crippen LogP contribution in [0.4, 0.5) is 0 Å². The largest absolute Gasteiger partial charge is 0.544 e. The monoisotopic (exact) mass is 1250 g/mol. The van der Waals surface area contributed by atoms with Crippen molar-refractivity contribution in [2.75, 3.05) is 58.7 Å². The molecule has 8 aromatic rings. The van der Waals surface area contributed by atoms with Gasteiger partial charge in [0, 0.05) is 54.4 Å². The number of benzene rings is 6. The Morgan fingerprint density at radius 1 is 0.565 bits per heavy atom. The molecule has 0 saturated carbocycles. The first-order valence-corrected chi connectivity index (χ1v) is 29.1. The molecule has 0 fully saturated rings. The highest BCUT2D eigenvalue weighted by Gasteiger charge is 2.08. The van der Waals surface area contributed by atoms with Crippen LogP contribution in [0.2, 0.25) is 0 Å². The molecule has 0 bridgehead atoms. The zero-order chi connectivity index (χ0) is 65.1. The van der Waals surface area contributed by atoms with Crippen molar-refractivity contribution in [3.05, 3.63) is 230 Å². The summed E-state index contributed by atoms with van der Waals surface area (Å²) in [6, 6.07) is 48.0. The number of aliphatic hydroxyl groups is 2. The molecule has 0 aliphatic heterocycles. The van der Waals surface area contributed by atoms with Crippen LogP contribution in [-0.2, 0) is 18.9 Å². The number of nitrogens with zero attached hydrogens (tertiary/aromatic N) is 3. The van der Waals surface area contributed by atoms with Gasteiger partial charge in [-0.1, -0.05) is 192 Å². The molecule has 0 aliphatic rings. The predicted octanol–water partition coefficient (Wildman–Crippen LogP) is 12.6. The highest BCUT2D eigenvalue weighted by molar-refractivity contribution is 9.09. The highest BCUT2D eigenvalue weighted by Crippen LogP contribution is 2.21. The lowest BCUT2D eigenvalue weighted by Crippen LogP contribution is -2.45. The van der Waals surface area contributed by atoms with Crippen LogP contribution in [0.1, 0.15) is 100 Å². The van der Waals surface area contributed by atoms with E-state index in [9.17, 15) is 33.9 Å². The van der Waals surface area contributed by atoms with Crippen LogP contribution in [-0.4, -0.2) is 106 Å². The first-order valence-electron chi connectivity index (χ1n) is 27.4. The SMILES string of the molecule is CC.CC(=O)c1ccc(C)cc1.CCCl.CCO.CCOc1ccc(-c2coc(=O)n2C)cc1.C[N+](C)(C)CC(=O)[O-].Cc1ccc(-c2coc(=O)n2C)cc1.Cc1ccc(C(=O)CBr)cc1.Cc1ccc(C(=O)CO)cc1.Cc1ccccc1. The van der Waals surface area contributed by atoms with Crippen molar-refractivity contribution in [1.29, 1.82) is 0 Å². The van der Waals surface area contributed by atoms with Crippen molar-refractivity contribution in [2.24, 2.45) is 14.1 Å². The van der Waals surface area contributed by atoms with Crippen molar-refractivity contribution >= 4 is 50.8 Å². The highest BCUT2D eigenvalue weighted by atomic mass is 79.9. The zero-order valence-corrected chi connectivity index (χ0v) is 54.7. The van der Waals surface area contributed by atoms with Gasteiger partial charge in [0.15, 0.2) is 17.3 Å². The molecule has 462 valence electrons. The number of aryl methyl sites for hydroxylation is 5. The Morgan fingerprint density at radius 2 is 0.882 bits per heavy atom. The summed E-state index contributed by atoms with van der Waals surface area (Å²) in [4.78, 5) is 64.8. The second-order valence-electron chi connectivity index (χ2n) is 19.1. The molecule has 0 amide bonds. The Morgan fingerprint density at radius 3 is 1.13 bits per heavy atom. The second kappa shape index (κ2) is 45.7. The summed E-state index contributed by atoms with van der Waals surface area (Å²) in [6.45, 7) is 21.7. The van der Waals surface area contributed by atoms with Crippen molar-refractivity contribution in [3.63, 3.8) is 0 Å². The lowest BCUT2D eigenvalue weighted by atomic mass is 10.1. The number of Topliss-reactive ketones (excluding diaryl/α,β-unsaturated/α-hetero) is 3. The van der Waals surface area contributed by atoms with Gasteiger partial charge in [0.2, 0.25) is 0 Å². The lowest BCUT2D eigenvalue weighted by Gasteiger charge is -2.23. The fraction of sp³-hybridized carbons (Fsp3) is 0.324. The molecule has 2 N–H and O–H groups in total. The number of quaternary nitrogens is 1. The number of carboxylic acid groups (broad SMARTS) is 1. The first kappa shape index (κ1) is 79.3. The minimum Gasteiger partial charge on any atom is -0.544 e. The lowest BCUT2D eigenvalue weighted by molar-refractivity contribution is -0.864. The molecule has 0 aliphatic carbocycles. The summed E-state index contributed by atoms with van der Waals surface area (Å²) in [7, 11) is 8.78. The summed E-state index contributed by atoms with van der Waals surface area (Å²) in [5.74, 6) is -0.128. The van der Waals surface area contributed by atoms with Gasteiger partial charge in [-0.2, -0.15) is 0 Å². The van der Waals surface area contributed by atoms with E-state index >= 15 is 0 Å². The predicted molar refractivity (Wildman–Crippen MR) is 347 cm³/mol. The number of oxazole rings is 2. The molecule has 6 aromatic carbocycles. The maximum absolute atomic E-state index is 11.2. The van der Waals surface area contributed by atoms with E-state index in [1.807, 2.05) is 183 Å². The Bertz CT molecular complexity index is 3120. The average Bonchev–Trinajstić information content (AvgIpc) is 4.26. The summed E-state index contributed by atoms with van der Waals surface area (Å²) in [5, 5.41) is 26.4. The molecule has 2 aromatic heterocycles. The van der Waals surface area contributed by atoms with Crippen molar-refractivity contribution in [2.45, 2.75) is 76.2 Å². The number of ketones is 3. The maximum atomic E-state index is 11.2. The van der Waals surface area contributed by atoms with E-state index in [1.54, 1.807) is 61.2 Å². The fourth-order valence-corrected chi connectivity index (χ4v) is 6.54. The quantitative estimate of drug-likeness (QED) is 0.0704. The van der Waals surface area contributed by atoms with E-state index in [4.69, 9.17) is 35.4 Å². The van der Waals surface area contributed by atoms with Gasteiger partial charge >= 0.3 is 11.5 Å². The van der Waals surface area contributed by atoms with Crippen LogP contribution in [0.3, 0.4) is 0 Å². The smallest absolute Gasteiger partial charge is 0.419 e. The summed E-state index contributed by atoms with van der Waals surface area (Å²) < 4.78 is 18.3. The molecule has 17 heteroatoms. The number of hydrogen-bond donors (Lipinski definition) is 2. The topological polar surface area (TPSA) is 211 Å². The van der Waals surface area contributed by atoms with E-state index in [2.05, 4.69) is 35.0 Å². The molecule has 0 radical (unpaired) electrons. The first-order chi connectivity index (χ1) is 40.2. The van der Waals surface area contributed by atoms with Gasteiger partial charge < -0.3 is 38.2 Å². The number of halogens is 2. The molecule has 0 spiro atoms. The molecule has 0 saturated heterocycles. The molecule has 85 heavy (non-hydrogen) atoms. The van der Waals surface area contributed by atoms with Crippen LogP contribution >= 0.6 is 27.5 Å². The van der Waals surface area contributed by atoms with Crippen LogP contribution < -0.4 is 21.4 Å². The number of carbonyl (C=O) groups is 4. The Labute approximate surface area is 516 Å². The molecule has 0 atom stereocenters. The number of likely N-dealkylation sites (N-methyl/N-ethyl adjacent to an activating group) is 1. The third-order valence-electron chi connectivity index (χ3n) is 10.6. The maximum Gasteiger partial charge on any atom is 0.419 e. The van der Waals surface area contributed by atoms with Crippen LogP contribution in [0.15, 0.2) is 183 Å². The van der Waals surface area contributed by atoms with Crippen LogP contribution in [0, 0.1) is 34.6 Å². The van der Waals surface area contributed by atoms with E-state index in [0.717, 1.165) is 50.8 Å². The van der Waals surface area contributed by atoms with E-state index in [-0.39, 0.29) is 42.0 Å². The average molecular weight is 1260 g/mol. The molecule has 0 unspecified atom stereocenters. The van der Waals surface area contributed by atoms with Gasteiger partial charge in [-0.05, 0) is 79.7 Å². The molecule has 15 nitrogen and oxygen atoms in total. The van der Waals surface area contributed by atoms with Gasteiger partial charge in [-0.3, -0.25) is 23.5 Å². The van der Waals surface area contributed by atoms with Gasteiger partial charge in [-0.15, -0.1) is 11.6 Å². The van der Waals surface area contributed by atoms with Crippen molar-refractivity contribution < 1.29 is 52.6 Å². The van der Waals surface area contributed by atoms with Gasteiger partial charge in [0.05, 0.1) is 50.4 Å². The van der Waals surface area contributed by atoms with E-state index < -0.39 is 12.6 Å². The van der Waals surface area contributed by atoms with Crippen LogP contribution in [0.25, 0.3) is 22.5 Å². The van der Waals surface area contributed by atoms with Crippen molar-refractivity contribution in [1.82, 2.24) is 9.13 Å².